The van der Waals surface area contributed by atoms with Crippen molar-refractivity contribution in [2.24, 2.45) is 23.2 Å². The van der Waals surface area contributed by atoms with Gasteiger partial charge in [0.1, 0.15) is 0 Å². The molecule has 2 bridgehead atoms. The number of anilines is 6. The van der Waals surface area contributed by atoms with Gasteiger partial charge in [-0.2, -0.15) is 0 Å². The van der Waals surface area contributed by atoms with Crippen LogP contribution in [0.1, 0.15) is 62.6 Å². The van der Waals surface area contributed by atoms with Gasteiger partial charge in [0.25, 0.3) is 0 Å². The molecule has 5 aliphatic carbocycles. The van der Waals surface area contributed by atoms with E-state index in [1.54, 1.807) is 5.56 Å². The summed E-state index contributed by atoms with van der Waals surface area (Å²) in [5.41, 5.74) is 22.4. The van der Waals surface area contributed by atoms with Crippen LogP contribution in [0.25, 0.3) is 44.5 Å². The molecule has 0 radical (unpaired) electrons. The second-order valence-electron chi connectivity index (χ2n) is 21.5. The summed E-state index contributed by atoms with van der Waals surface area (Å²) in [6.45, 7) is 4.77. The Kier molecular flexibility index (Phi) is 9.01. The topological polar surface area (TPSA) is 6.48 Å². The van der Waals surface area contributed by atoms with E-state index in [0.29, 0.717) is 10.8 Å². The Morgan fingerprint density at radius 1 is 0.348 bits per heavy atom. The van der Waals surface area contributed by atoms with Crippen molar-refractivity contribution < 1.29 is 0 Å². The Bertz CT molecular complexity index is 3350. The molecule has 4 saturated carbocycles. The number of hydrogen-bond donors (Lipinski definition) is 0. The Hall–Kier alpha value is -7.42. The molecule has 5 atom stereocenters. The van der Waals surface area contributed by atoms with Crippen LogP contribution >= 0.6 is 0 Å². The molecule has 0 amide bonds. The van der Waals surface area contributed by atoms with E-state index in [1.165, 1.54) is 105 Å². The van der Waals surface area contributed by atoms with Crippen molar-refractivity contribution in [2.45, 2.75) is 56.8 Å². The van der Waals surface area contributed by atoms with Crippen LogP contribution in [0.2, 0.25) is 0 Å². The van der Waals surface area contributed by atoms with Crippen LogP contribution in [0.4, 0.5) is 34.1 Å². The number of benzene rings is 9. The highest BCUT2D eigenvalue weighted by molar-refractivity contribution is 5.87. The van der Waals surface area contributed by atoms with Gasteiger partial charge in [0.2, 0.25) is 0 Å². The molecule has 0 heterocycles. The first-order chi connectivity index (χ1) is 33.9. The fourth-order valence-corrected chi connectivity index (χ4v) is 14.8. The van der Waals surface area contributed by atoms with Gasteiger partial charge in [-0.3, -0.25) is 0 Å². The Labute approximate surface area is 407 Å². The standard InChI is InChI=1S/C67H56N2/c1-65(2)63-19-10-9-18-61(63)62-37-36-60(41-64(62)65)69(59-34-28-52(29-35-59)66-42-45-38-53-40-54(44-66)67(53,66)43-45)58-32-26-49(27-33-58)51-13-11-12-50(39-51)48-22-20-46(21-23-48)47-24-30-57(31-25-47)68(55-14-5-3-6-15-55)56-16-7-4-8-17-56/h3-37,39,41,45,53-54H,38,40,42-44H2,1-2H3/t45?,53?,54?,66?,67-/m0/s1. The average molecular weight is 889 g/mol. The summed E-state index contributed by atoms with van der Waals surface area (Å²) in [6, 6.07) is 83.4. The van der Waals surface area contributed by atoms with Crippen molar-refractivity contribution >= 4 is 34.1 Å². The molecule has 1 spiro atoms. The van der Waals surface area contributed by atoms with Crippen LogP contribution in [0.5, 0.6) is 0 Å². The third kappa shape index (κ3) is 6.10. The van der Waals surface area contributed by atoms with E-state index < -0.39 is 0 Å². The Balaban J connectivity index is 0.751. The zero-order chi connectivity index (χ0) is 45.9. The van der Waals surface area contributed by atoms with Gasteiger partial charge in [0.15, 0.2) is 0 Å². The van der Waals surface area contributed by atoms with Gasteiger partial charge in [-0.05, 0) is 195 Å². The zero-order valence-electron chi connectivity index (χ0n) is 39.5. The summed E-state index contributed by atoms with van der Waals surface area (Å²) in [7, 11) is 0. The van der Waals surface area contributed by atoms with Gasteiger partial charge in [-0.1, -0.05) is 159 Å². The maximum absolute atomic E-state index is 2.52. The van der Waals surface area contributed by atoms with E-state index in [0.717, 1.165) is 34.8 Å². The van der Waals surface area contributed by atoms with Gasteiger partial charge < -0.3 is 9.80 Å². The highest BCUT2D eigenvalue weighted by Gasteiger charge is 2.80. The van der Waals surface area contributed by atoms with E-state index in [9.17, 15) is 0 Å². The van der Waals surface area contributed by atoms with Gasteiger partial charge in [-0.15, -0.1) is 0 Å². The largest absolute Gasteiger partial charge is 0.311 e. The number of fused-ring (bicyclic) bond motifs is 4. The molecular formula is C67H56N2. The van der Waals surface area contributed by atoms with Crippen molar-refractivity contribution in [3.8, 4) is 44.5 Å². The van der Waals surface area contributed by atoms with E-state index in [1.807, 2.05) is 0 Å². The van der Waals surface area contributed by atoms with Gasteiger partial charge in [-0.25, -0.2) is 0 Å². The first kappa shape index (κ1) is 40.6. The first-order valence-corrected chi connectivity index (χ1v) is 25.3. The lowest BCUT2D eigenvalue weighted by Crippen LogP contribution is -2.68. The number of hydrogen-bond acceptors (Lipinski definition) is 2. The highest BCUT2D eigenvalue weighted by atomic mass is 15.1. The van der Waals surface area contributed by atoms with E-state index in [2.05, 4.69) is 248 Å². The fraction of sp³-hybridized carbons (Fsp3) is 0.194. The molecule has 5 aliphatic rings. The molecule has 9 aromatic rings. The van der Waals surface area contributed by atoms with Crippen LogP contribution < -0.4 is 9.80 Å². The molecule has 9 aromatic carbocycles. The predicted molar refractivity (Wildman–Crippen MR) is 287 cm³/mol. The van der Waals surface area contributed by atoms with Gasteiger partial charge >= 0.3 is 0 Å². The minimum absolute atomic E-state index is 0.0768. The summed E-state index contributed by atoms with van der Waals surface area (Å²) in [6.07, 6.45) is 7.31. The van der Waals surface area contributed by atoms with Crippen LogP contribution in [0.15, 0.2) is 224 Å². The summed E-state index contributed by atoms with van der Waals surface area (Å²) in [5, 5.41) is 0. The minimum atomic E-state index is -0.0768. The fourth-order valence-electron chi connectivity index (χ4n) is 14.8. The molecule has 2 heteroatoms. The lowest BCUT2D eigenvalue weighted by molar-refractivity contribution is -0.198. The molecule has 4 fully saturated rings. The Morgan fingerprint density at radius 3 is 1.41 bits per heavy atom. The molecule has 0 saturated heterocycles. The van der Waals surface area contributed by atoms with Crippen molar-refractivity contribution in [1.29, 1.82) is 0 Å². The molecule has 14 rings (SSSR count). The molecular weight excluding hydrogens is 833 g/mol. The smallest absolute Gasteiger partial charge is 0.0465 e. The molecule has 334 valence electrons. The van der Waals surface area contributed by atoms with Crippen LogP contribution in [-0.4, -0.2) is 0 Å². The second kappa shape index (κ2) is 15.3. The third-order valence-corrected chi connectivity index (χ3v) is 17.9. The maximum Gasteiger partial charge on any atom is 0.0465 e. The molecule has 4 unspecified atom stereocenters. The van der Waals surface area contributed by atoms with Crippen molar-refractivity contribution in [3.05, 3.63) is 241 Å². The monoisotopic (exact) mass is 888 g/mol. The lowest BCUT2D eigenvalue weighted by Gasteiger charge is -2.73. The normalized spacial score (nSPS) is 22.7. The highest BCUT2D eigenvalue weighted by Crippen LogP contribution is 2.86. The van der Waals surface area contributed by atoms with Crippen molar-refractivity contribution in [1.82, 2.24) is 0 Å². The predicted octanol–water partition coefficient (Wildman–Crippen LogP) is 18.0. The van der Waals surface area contributed by atoms with Crippen LogP contribution in [-0.2, 0) is 10.8 Å². The molecule has 69 heavy (non-hydrogen) atoms. The summed E-state index contributed by atoms with van der Waals surface area (Å²) in [4.78, 5) is 4.80. The summed E-state index contributed by atoms with van der Waals surface area (Å²) in [5.74, 6) is 2.92. The molecule has 0 aliphatic heterocycles. The third-order valence-electron chi connectivity index (χ3n) is 17.9. The maximum atomic E-state index is 2.52. The minimum Gasteiger partial charge on any atom is -0.311 e. The zero-order valence-corrected chi connectivity index (χ0v) is 39.5. The van der Waals surface area contributed by atoms with Crippen LogP contribution in [0, 0.1) is 23.2 Å². The van der Waals surface area contributed by atoms with Crippen molar-refractivity contribution in [2.75, 3.05) is 9.80 Å². The van der Waals surface area contributed by atoms with Crippen LogP contribution in [0.3, 0.4) is 0 Å². The van der Waals surface area contributed by atoms with E-state index in [-0.39, 0.29) is 5.41 Å². The summed E-state index contributed by atoms with van der Waals surface area (Å²) >= 11 is 0. The van der Waals surface area contributed by atoms with Gasteiger partial charge in [0, 0.05) is 45.0 Å². The second-order valence-corrected chi connectivity index (χ2v) is 21.5. The van der Waals surface area contributed by atoms with Gasteiger partial charge in [0.05, 0.1) is 0 Å². The number of nitrogens with zero attached hydrogens (tertiary/aromatic N) is 2. The average Bonchev–Trinajstić information content (AvgIpc) is 3.99. The van der Waals surface area contributed by atoms with Crippen molar-refractivity contribution in [3.63, 3.8) is 0 Å². The molecule has 0 N–H and O–H groups in total. The lowest BCUT2D eigenvalue weighted by atomic mass is 9.31. The summed E-state index contributed by atoms with van der Waals surface area (Å²) < 4.78 is 0. The molecule has 2 nitrogen and oxygen atoms in total. The number of para-hydroxylation sites is 2. The quantitative estimate of drug-likeness (QED) is 0.135. The molecule has 0 aromatic heterocycles. The SMILES string of the molecule is CC1(C)c2ccccc2-c2ccc(N(c3ccc(-c4cccc(-c5ccc(-c6ccc(N(c7ccccc7)c7ccccc7)cc6)cc5)c4)cc3)c3ccc(C45CC6CC7CC(C4)[C@]75C6)cc3)cc21. The number of rotatable bonds is 10. The first-order valence-electron chi connectivity index (χ1n) is 25.3. The van der Waals surface area contributed by atoms with E-state index >= 15 is 0 Å². The Morgan fingerprint density at radius 2 is 0.826 bits per heavy atom. The van der Waals surface area contributed by atoms with E-state index in [4.69, 9.17) is 0 Å².